The van der Waals surface area contributed by atoms with E-state index in [0.717, 1.165) is 36.2 Å². The second-order valence-corrected chi connectivity index (χ2v) is 5.05. The van der Waals surface area contributed by atoms with Gasteiger partial charge in [0.15, 0.2) is 0 Å². The molecule has 0 fully saturated rings. The first-order valence-electron chi connectivity index (χ1n) is 7.34. The maximum atomic E-state index is 9.16. The molecule has 0 saturated heterocycles. The van der Waals surface area contributed by atoms with Crippen LogP contribution in [0.25, 0.3) is 5.70 Å². The Morgan fingerprint density at radius 3 is 2.90 bits per heavy atom. The van der Waals surface area contributed by atoms with Gasteiger partial charge in [-0.3, -0.25) is 0 Å². The zero-order chi connectivity index (χ0) is 14.8. The largest absolute Gasteiger partial charge is 0.399 e. The molecule has 0 radical (unpaired) electrons. The molecule has 20 heavy (non-hydrogen) atoms. The fourth-order valence-electron chi connectivity index (χ4n) is 2.12. The van der Waals surface area contributed by atoms with E-state index in [4.69, 9.17) is 11.0 Å². The highest BCUT2D eigenvalue weighted by atomic mass is 14.8. The fourth-order valence-corrected chi connectivity index (χ4v) is 2.12. The number of nitrogens with two attached hydrogens (primary N) is 1. The Bertz CT molecular complexity index is 471. The van der Waals surface area contributed by atoms with Crippen LogP contribution in [-0.4, -0.2) is 7.05 Å². The zero-order valence-corrected chi connectivity index (χ0v) is 12.5. The summed E-state index contributed by atoms with van der Waals surface area (Å²) < 4.78 is 0. The van der Waals surface area contributed by atoms with Gasteiger partial charge in [0, 0.05) is 24.4 Å². The number of nitrogens with zero attached hydrogens (tertiary/aromatic N) is 1. The predicted octanol–water partition coefficient (Wildman–Crippen LogP) is 4.14. The Hall–Kier alpha value is -1.95. The van der Waals surface area contributed by atoms with E-state index < -0.39 is 0 Å². The van der Waals surface area contributed by atoms with E-state index >= 15 is 0 Å². The normalized spacial score (nSPS) is 12.8. The first-order valence-corrected chi connectivity index (χ1v) is 7.34. The number of benzene rings is 1. The van der Waals surface area contributed by atoms with Crippen molar-refractivity contribution in [1.82, 2.24) is 0 Å². The number of nitriles is 1. The minimum atomic E-state index is 0.0765. The van der Waals surface area contributed by atoms with Crippen molar-refractivity contribution in [1.29, 1.82) is 5.26 Å². The molecule has 0 amide bonds. The number of anilines is 1. The molecular weight excluding hydrogens is 246 g/mol. The van der Waals surface area contributed by atoms with Gasteiger partial charge < -0.3 is 11.1 Å². The Morgan fingerprint density at radius 1 is 1.45 bits per heavy atom. The van der Waals surface area contributed by atoms with Crippen LogP contribution in [0, 0.1) is 17.2 Å². The molecule has 108 valence electrons. The van der Waals surface area contributed by atoms with E-state index in [1.165, 1.54) is 12.8 Å². The molecule has 0 aliphatic carbocycles. The Labute approximate surface area is 122 Å². The average Bonchev–Trinajstić information content (AvgIpc) is 2.50. The van der Waals surface area contributed by atoms with Gasteiger partial charge in [0.2, 0.25) is 0 Å². The lowest BCUT2D eigenvalue weighted by molar-refractivity contribution is 0.554. The smallest absolute Gasteiger partial charge is 0.0659 e. The molecule has 0 aliphatic heterocycles. The molecule has 0 bridgehead atoms. The topological polar surface area (TPSA) is 61.8 Å². The van der Waals surface area contributed by atoms with Crippen LogP contribution in [-0.2, 0) is 0 Å². The van der Waals surface area contributed by atoms with Crippen molar-refractivity contribution >= 4 is 11.4 Å². The van der Waals surface area contributed by atoms with Crippen molar-refractivity contribution < 1.29 is 0 Å². The van der Waals surface area contributed by atoms with Gasteiger partial charge >= 0.3 is 0 Å². The second kappa shape index (κ2) is 9.03. The highest BCUT2D eigenvalue weighted by molar-refractivity contribution is 5.66. The molecule has 0 heterocycles. The van der Waals surface area contributed by atoms with Crippen LogP contribution < -0.4 is 11.1 Å². The molecule has 1 aromatic rings. The number of nitrogens with one attached hydrogen (secondary N) is 1. The summed E-state index contributed by atoms with van der Waals surface area (Å²) in [7, 11) is 1.89. The lowest BCUT2D eigenvalue weighted by Gasteiger charge is -2.08. The number of hydrogen-bond donors (Lipinski definition) is 2. The van der Waals surface area contributed by atoms with Gasteiger partial charge in [-0.05, 0) is 30.5 Å². The molecule has 1 atom stereocenters. The molecule has 0 spiro atoms. The molecule has 0 aromatic heterocycles. The summed E-state index contributed by atoms with van der Waals surface area (Å²) in [5.74, 6) is 0.0765. The van der Waals surface area contributed by atoms with Gasteiger partial charge in [0.1, 0.15) is 0 Å². The standard InChI is InChI=1S/C17H25N3/c1-3-4-5-7-14(13-18)10-11-17(19)15-8-6-9-16(12-15)20-2/h6,8-9,11-12,14,20H,3-5,7,10,19H2,1-2H3/b17-11-. The monoisotopic (exact) mass is 271 g/mol. The van der Waals surface area contributed by atoms with Crippen LogP contribution in [0.15, 0.2) is 30.3 Å². The Kier molecular flexibility index (Phi) is 7.27. The summed E-state index contributed by atoms with van der Waals surface area (Å²) in [6.45, 7) is 2.17. The number of hydrogen-bond acceptors (Lipinski definition) is 3. The molecule has 0 saturated carbocycles. The van der Waals surface area contributed by atoms with Gasteiger partial charge in [-0.1, -0.05) is 44.4 Å². The van der Waals surface area contributed by atoms with Gasteiger partial charge in [-0.2, -0.15) is 5.26 Å². The van der Waals surface area contributed by atoms with Crippen LogP contribution in [0.5, 0.6) is 0 Å². The first-order chi connectivity index (χ1) is 9.71. The van der Waals surface area contributed by atoms with Crippen molar-refractivity contribution in [2.45, 2.75) is 39.0 Å². The van der Waals surface area contributed by atoms with Crippen LogP contribution in [0.3, 0.4) is 0 Å². The van der Waals surface area contributed by atoms with Gasteiger partial charge in [-0.15, -0.1) is 0 Å². The van der Waals surface area contributed by atoms with Crippen molar-refractivity contribution in [3.8, 4) is 6.07 Å². The second-order valence-electron chi connectivity index (χ2n) is 5.05. The highest BCUT2D eigenvalue weighted by Crippen LogP contribution is 2.18. The molecule has 0 aliphatic rings. The lowest BCUT2D eigenvalue weighted by Crippen LogP contribution is -2.01. The summed E-state index contributed by atoms with van der Waals surface area (Å²) in [6, 6.07) is 10.4. The van der Waals surface area contributed by atoms with E-state index in [0.29, 0.717) is 0 Å². The number of allylic oxidation sites excluding steroid dienone is 1. The molecule has 3 N–H and O–H groups in total. The number of rotatable bonds is 8. The van der Waals surface area contributed by atoms with E-state index in [1.54, 1.807) is 0 Å². The Morgan fingerprint density at radius 2 is 2.25 bits per heavy atom. The molecular formula is C17H25N3. The maximum absolute atomic E-state index is 9.16. The van der Waals surface area contributed by atoms with Gasteiger partial charge in [-0.25, -0.2) is 0 Å². The summed E-state index contributed by atoms with van der Waals surface area (Å²) >= 11 is 0. The van der Waals surface area contributed by atoms with Crippen LogP contribution in [0.4, 0.5) is 5.69 Å². The Balaban J connectivity index is 2.61. The fraction of sp³-hybridized carbons (Fsp3) is 0.471. The molecule has 3 heteroatoms. The van der Waals surface area contributed by atoms with Crippen molar-refractivity contribution in [3.63, 3.8) is 0 Å². The summed E-state index contributed by atoms with van der Waals surface area (Å²) in [5, 5.41) is 12.3. The van der Waals surface area contributed by atoms with E-state index in [1.807, 2.05) is 37.4 Å². The third-order valence-electron chi connectivity index (χ3n) is 3.45. The van der Waals surface area contributed by atoms with Crippen LogP contribution in [0.2, 0.25) is 0 Å². The van der Waals surface area contributed by atoms with Gasteiger partial charge in [0.25, 0.3) is 0 Å². The quantitative estimate of drug-likeness (QED) is 0.698. The third-order valence-corrected chi connectivity index (χ3v) is 3.45. The van der Waals surface area contributed by atoms with Crippen LogP contribution >= 0.6 is 0 Å². The first kappa shape index (κ1) is 16.1. The van der Waals surface area contributed by atoms with Crippen molar-refractivity contribution in [2.24, 2.45) is 11.7 Å². The summed E-state index contributed by atoms with van der Waals surface area (Å²) in [4.78, 5) is 0. The maximum Gasteiger partial charge on any atom is 0.0659 e. The van der Waals surface area contributed by atoms with E-state index in [9.17, 15) is 0 Å². The molecule has 1 aromatic carbocycles. The SMILES string of the molecule is CCCCCC(C#N)C/C=C(\N)c1cccc(NC)c1. The average molecular weight is 271 g/mol. The molecule has 1 unspecified atom stereocenters. The summed E-state index contributed by atoms with van der Waals surface area (Å²) in [5.41, 5.74) is 8.89. The van der Waals surface area contributed by atoms with E-state index in [2.05, 4.69) is 18.3 Å². The number of unbranched alkanes of at least 4 members (excludes halogenated alkanes) is 2. The predicted molar refractivity (Wildman–Crippen MR) is 86.0 cm³/mol. The van der Waals surface area contributed by atoms with Crippen molar-refractivity contribution in [3.05, 3.63) is 35.9 Å². The minimum Gasteiger partial charge on any atom is -0.399 e. The molecule has 1 rings (SSSR count). The molecule has 3 nitrogen and oxygen atoms in total. The summed E-state index contributed by atoms with van der Waals surface area (Å²) in [6.07, 6.45) is 7.18. The highest BCUT2D eigenvalue weighted by Gasteiger charge is 2.06. The lowest BCUT2D eigenvalue weighted by atomic mass is 9.98. The van der Waals surface area contributed by atoms with Crippen LogP contribution in [0.1, 0.15) is 44.6 Å². The zero-order valence-electron chi connectivity index (χ0n) is 12.5. The van der Waals surface area contributed by atoms with E-state index in [-0.39, 0.29) is 5.92 Å². The third kappa shape index (κ3) is 5.36. The minimum absolute atomic E-state index is 0.0765. The van der Waals surface area contributed by atoms with Gasteiger partial charge in [0.05, 0.1) is 6.07 Å². The van der Waals surface area contributed by atoms with Crippen molar-refractivity contribution in [2.75, 3.05) is 12.4 Å².